The van der Waals surface area contributed by atoms with E-state index in [0.717, 1.165) is 42.3 Å². The van der Waals surface area contributed by atoms with Crippen LogP contribution in [-0.4, -0.2) is 30.7 Å². The summed E-state index contributed by atoms with van der Waals surface area (Å²) in [6.07, 6.45) is 2.45. The van der Waals surface area contributed by atoms with Gasteiger partial charge in [0.2, 0.25) is 0 Å². The first-order valence-corrected chi connectivity index (χ1v) is 7.88. The maximum Gasteiger partial charge on any atom is 0.147 e. The van der Waals surface area contributed by atoms with E-state index in [2.05, 4.69) is 35.1 Å². The zero-order chi connectivity index (χ0) is 15.4. The molecule has 1 saturated heterocycles. The van der Waals surface area contributed by atoms with Gasteiger partial charge in [0.25, 0.3) is 0 Å². The number of nitrogens with zero attached hydrogens (tertiary/aromatic N) is 3. The lowest BCUT2D eigenvalue weighted by atomic mass is 10.1. The lowest BCUT2D eigenvalue weighted by Gasteiger charge is -2.30. The highest BCUT2D eigenvalue weighted by Gasteiger charge is 2.22. The Bertz CT molecular complexity index is 524. The second-order valence-corrected chi connectivity index (χ2v) is 6.48. The fourth-order valence-corrected chi connectivity index (χ4v) is 3.05. The Labute approximate surface area is 128 Å². The van der Waals surface area contributed by atoms with E-state index in [1.54, 1.807) is 0 Å². The molecule has 0 saturated carbocycles. The summed E-state index contributed by atoms with van der Waals surface area (Å²) in [4.78, 5) is 6.97. The first kappa shape index (κ1) is 15.8. The molecular weight excluding hydrogens is 260 g/mol. The number of anilines is 1. The predicted molar refractivity (Wildman–Crippen MR) is 86.5 cm³/mol. The number of aromatic nitrogens is 1. The molecule has 1 aromatic heterocycles. The molecule has 1 aliphatic rings. The number of pyridine rings is 1. The summed E-state index contributed by atoms with van der Waals surface area (Å²) in [6, 6.07) is 4.85. The minimum absolute atomic E-state index is 0.512. The van der Waals surface area contributed by atoms with Crippen LogP contribution in [0.5, 0.6) is 0 Å². The average Bonchev–Trinajstić information content (AvgIpc) is 2.89. The third-order valence-corrected chi connectivity index (χ3v) is 3.93. The number of hydrogen-bond donors (Lipinski definition) is 1. The van der Waals surface area contributed by atoms with Crippen LogP contribution < -0.4 is 10.2 Å². The third-order valence-electron chi connectivity index (χ3n) is 3.93. The van der Waals surface area contributed by atoms with E-state index in [9.17, 15) is 5.26 Å². The highest BCUT2D eigenvalue weighted by atomic mass is 15.2. The molecule has 1 aromatic rings. The zero-order valence-electron chi connectivity index (χ0n) is 13.6. The van der Waals surface area contributed by atoms with E-state index in [1.807, 2.05) is 19.9 Å². The highest BCUT2D eigenvalue weighted by molar-refractivity contribution is 5.58. The molecule has 0 bridgehead atoms. The number of aryl methyl sites for hydroxylation is 2. The van der Waals surface area contributed by atoms with Gasteiger partial charge in [-0.3, -0.25) is 0 Å². The highest BCUT2D eigenvalue weighted by Crippen LogP contribution is 2.24. The van der Waals surface area contributed by atoms with E-state index in [-0.39, 0.29) is 0 Å². The van der Waals surface area contributed by atoms with Crippen LogP contribution >= 0.6 is 0 Å². The predicted octanol–water partition coefficient (Wildman–Crippen LogP) is 2.78. The quantitative estimate of drug-likeness (QED) is 0.904. The molecule has 2 rings (SSSR count). The molecule has 1 fully saturated rings. The van der Waals surface area contributed by atoms with Gasteiger partial charge in [-0.05, 0) is 50.8 Å². The standard InChI is InChI=1S/C17H26N4/c1-12(2)10-21(11-15-6-5-7-19-15)17-16(9-18)13(3)8-14(4)20-17/h8,12,15,19H,5-7,10-11H2,1-4H3. The van der Waals surface area contributed by atoms with Gasteiger partial charge in [0.15, 0.2) is 0 Å². The molecule has 4 nitrogen and oxygen atoms in total. The van der Waals surface area contributed by atoms with Crippen molar-refractivity contribution in [2.75, 3.05) is 24.5 Å². The van der Waals surface area contributed by atoms with Crippen LogP contribution in [0.4, 0.5) is 5.82 Å². The molecule has 114 valence electrons. The van der Waals surface area contributed by atoms with Crippen LogP contribution in [0.15, 0.2) is 6.07 Å². The number of nitrogens with one attached hydrogen (secondary N) is 1. The van der Waals surface area contributed by atoms with E-state index in [0.29, 0.717) is 12.0 Å². The van der Waals surface area contributed by atoms with E-state index in [1.165, 1.54) is 12.8 Å². The normalized spacial score (nSPS) is 18.0. The van der Waals surface area contributed by atoms with E-state index < -0.39 is 0 Å². The van der Waals surface area contributed by atoms with Crippen molar-refractivity contribution < 1.29 is 0 Å². The lowest BCUT2D eigenvalue weighted by Crippen LogP contribution is -2.40. The SMILES string of the molecule is Cc1cc(C)c(C#N)c(N(CC(C)C)CC2CCCN2)n1. The molecule has 2 heterocycles. The number of rotatable bonds is 5. The molecule has 0 radical (unpaired) electrons. The number of nitriles is 1. The Balaban J connectivity index is 2.33. The van der Waals surface area contributed by atoms with E-state index >= 15 is 0 Å². The van der Waals surface area contributed by atoms with Crippen molar-refractivity contribution >= 4 is 5.82 Å². The summed E-state index contributed by atoms with van der Waals surface area (Å²) in [6.45, 7) is 11.4. The fourth-order valence-electron chi connectivity index (χ4n) is 3.05. The summed E-state index contributed by atoms with van der Waals surface area (Å²) in [5.74, 6) is 1.40. The largest absolute Gasteiger partial charge is 0.354 e. The molecule has 4 heteroatoms. The Hall–Kier alpha value is -1.60. The van der Waals surface area contributed by atoms with Crippen molar-refractivity contribution in [2.24, 2.45) is 5.92 Å². The van der Waals surface area contributed by atoms with Crippen molar-refractivity contribution in [1.82, 2.24) is 10.3 Å². The van der Waals surface area contributed by atoms with Crippen molar-refractivity contribution in [3.05, 3.63) is 22.9 Å². The Morgan fingerprint density at radius 1 is 1.48 bits per heavy atom. The zero-order valence-corrected chi connectivity index (χ0v) is 13.6. The topological polar surface area (TPSA) is 52.0 Å². The summed E-state index contributed by atoms with van der Waals surface area (Å²) in [5.41, 5.74) is 2.72. The number of hydrogen-bond acceptors (Lipinski definition) is 4. The Morgan fingerprint density at radius 3 is 2.81 bits per heavy atom. The van der Waals surface area contributed by atoms with Gasteiger partial charge in [0.05, 0.1) is 5.56 Å². The molecule has 0 spiro atoms. The van der Waals surface area contributed by atoms with Gasteiger partial charge in [0, 0.05) is 24.8 Å². The molecule has 1 aliphatic heterocycles. The molecule has 1 atom stereocenters. The lowest BCUT2D eigenvalue weighted by molar-refractivity contribution is 0.537. The summed E-state index contributed by atoms with van der Waals surface area (Å²) in [5, 5.41) is 13.0. The minimum Gasteiger partial charge on any atom is -0.354 e. The Morgan fingerprint density at radius 2 is 2.24 bits per heavy atom. The Kier molecular flexibility index (Phi) is 5.19. The van der Waals surface area contributed by atoms with Crippen molar-refractivity contribution in [3.63, 3.8) is 0 Å². The molecular formula is C17H26N4. The first-order chi connectivity index (χ1) is 10.0. The molecule has 1 N–H and O–H groups in total. The fraction of sp³-hybridized carbons (Fsp3) is 0.647. The molecule has 0 amide bonds. The van der Waals surface area contributed by atoms with E-state index in [4.69, 9.17) is 0 Å². The van der Waals surface area contributed by atoms with Gasteiger partial charge in [-0.25, -0.2) is 4.98 Å². The summed E-state index contributed by atoms with van der Waals surface area (Å²) in [7, 11) is 0. The summed E-state index contributed by atoms with van der Waals surface area (Å²) < 4.78 is 0. The van der Waals surface area contributed by atoms with Gasteiger partial charge < -0.3 is 10.2 Å². The van der Waals surface area contributed by atoms with Crippen LogP contribution in [0, 0.1) is 31.1 Å². The smallest absolute Gasteiger partial charge is 0.147 e. The van der Waals surface area contributed by atoms with Crippen molar-refractivity contribution in [3.8, 4) is 6.07 Å². The summed E-state index contributed by atoms with van der Waals surface area (Å²) >= 11 is 0. The van der Waals surface area contributed by atoms with Crippen molar-refractivity contribution in [2.45, 2.75) is 46.6 Å². The van der Waals surface area contributed by atoms with Gasteiger partial charge >= 0.3 is 0 Å². The van der Waals surface area contributed by atoms with Crippen LogP contribution in [0.3, 0.4) is 0 Å². The second-order valence-electron chi connectivity index (χ2n) is 6.48. The van der Waals surface area contributed by atoms with Gasteiger partial charge in [-0.15, -0.1) is 0 Å². The van der Waals surface area contributed by atoms with Gasteiger partial charge in [-0.2, -0.15) is 5.26 Å². The van der Waals surface area contributed by atoms with Crippen LogP contribution in [0.1, 0.15) is 43.5 Å². The maximum absolute atomic E-state index is 9.50. The molecule has 0 aliphatic carbocycles. The molecule has 0 aromatic carbocycles. The molecule has 21 heavy (non-hydrogen) atoms. The first-order valence-electron chi connectivity index (χ1n) is 7.88. The second kappa shape index (κ2) is 6.91. The van der Waals surface area contributed by atoms with Crippen molar-refractivity contribution in [1.29, 1.82) is 5.26 Å². The van der Waals surface area contributed by atoms with Crippen LogP contribution in [-0.2, 0) is 0 Å². The monoisotopic (exact) mass is 286 g/mol. The van der Waals surface area contributed by atoms with Crippen LogP contribution in [0.2, 0.25) is 0 Å². The van der Waals surface area contributed by atoms with Crippen LogP contribution in [0.25, 0.3) is 0 Å². The van der Waals surface area contributed by atoms with Gasteiger partial charge in [-0.1, -0.05) is 13.8 Å². The third kappa shape index (κ3) is 3.95. The minimum atomic E-state index is 0.512. The maximum atomic E-state index is 9.50. The average molecular weight is 286 g/mol. The molecule has 1 unspecified atom stereocenters. The van der Waals surface area contributed by atoms with Gasteiger partial charge in [0.1, 0.15) is 11.9 Å².